The zero-order chi connectivity index (χ0) is 18.8. The summed E-state index contributed by atoms with van der Waals surface area (Å²) < 4.78 is 14.3. The molecule has 0 aromatic heterocycles. The molecule has 0 spiro atoms. The molecule has 25 heavy (non-hydrogen) atoms. The summed E-state index contributed by atoms with van der Waals surface area (Å²) in [4.78, 5) is 18.1. The van der Waals surface area contributed by atoms with Gasteiger partial charge in [0.15, 0.2) is 5.79 Å². The van der Waals surface area contributed by atoms with Gasteiger partial charge in [-0.3, -0.25) is 0 Å². The minimum absolute atomic E-state index is 0.0259. The fraction of sp³-hybridized carbons (Fsp3) is 0.312. The fourth-order valence-electron chi connectivity index (χ4n) is 2.82. The molecule has 0 saturated carbocycles. The van der Waals surface area contributed by atoms with Gasteiger partial charge in [-0.1, -0.05) is 25.1 Å². The summed E-state index contributed by atoms with van der Waals surface area (Å²) in [5.74, 6) is -4.91. The number of allylic oxidation sites excluding steroid dienone is 3. The molecule has 1 aromatic carbocycles. The van der Waals surface area contributed by atoms with Gasteiger partial charge in [-0.15, -0.1) is 0 Å². The molecule has 2 atom stereocenters. The summed E-state index contributed by atoms with van der Waals surface area (Å²) in [6.07, 6.45) is 3.43. The fourth-order valence-corrected chi connectivity index (χ4v) is 3.31. The van der Waals surface area contributed by atoms with E-state index in [9.17, 15) is 25.0 Å². The number of aliphatic hydroxyl groups is 3. The summed E-state index contributed by atoms with van der Waals surface area (Å²) >= 11 is 0. The highest BCUT2D eigenvalue weighted by Crippen LogP contribution is 2.41. The van der Waals surface area contributed by atoms with Crippen molar-refractivity contribution in [1.82, 2.24) is 0 Å². The van der Waals surface area contributed by atoms with Crippen LogP contribution in [0.15, 0.2) is 53.0 Å². The lowest BCUT2D eigenvalue weighted by atomic mass is 9.81. The molecule has 0 fully saturated rings. The Morgan fingerprint density at radius 3 is 2.56 bits per heavy atom. The lowest BCUT2D eigenvalue weighted by Crippen LogP contribution is -2.44. The van der Waals surface area contributed by atoms with Crippen LogP contribution in [0.4, 0.5) is 0 Å². The second kappa shape index (κ2) is 7.11. The number of rotatable bonds is 5. The Hall–Kier alpha value is -1.96. The van der Waals surface area contributed by atoms with Crippen LogP contribution in [0, 0.1) is 5.92 Å². The van der Waals surface area contributed by atoms with Gasteiger partial charge in [-0.25, -0.2) is 4.57 Å². The molecule has 6 N–H and O–H groups in total. The van der Waals surface area contributed by atoms with E-state index < -0.39 is 31.1 Å². The monoisotopic (exact) mass is 369 g/mol. The molecule has 9 heteroatoms. The van der Waals surface area contributed by atoms with E-state index in [-0.39, 0.29) is 17.9 Å². The van der Waals surface area contributed by atoms with Crippen LogP contribution in [0.2, 0.25) is 0 Å². The summed E-state index contributed by atoms with van der Waals surface area (Å²) in [6.45, 7) is 1.69. The van der Waals surface area contributed by atoms with Crippen molar-refractivity contribution in [3.63, 3.8) is 0 Å². The zero-order valence-corrected chi connectivity index (χ0v) is 14.3. The van der Waals surface area contributed by atoms with Gasteiger partial charge in [0.25, 0.3) is 0 Å². The van der Waals surface area contributed by atoms with Crippen LogP contribution in [-0.4, -0.2) is 41.7 Å². The molecular weight excluding hydrogens is 349 g/mol. The number of phenolic OH excluding ortho intramolecular Hbond substituents is 1. The minimum atomic E-state index is -4.82. The number of aliphatic hydroxyl groups excluding tert-OH is 1. The van der Waals surface area contributed by atoms with Crippen molar-refractivity contribution in [1.29, 1.82) is 0 Å². The Morgan fingerprint density at radius 2 is 1.96 bits per heavy atom. The largest absolute Gasteiger partial charge is 0.511 e. The van der Waals surface area contributed by atoms with Gasteiger partial charge < -0.3 is 30.2 Å². The molecule has 1 aliphatic rings. The molecule has 0 saturated heterocycles. The van der Waals surface area contributed by atoms with E-state index in [0.29, 0.717) is 5.56 Å². The number of aromatic hydroxyl groups is 1. The van der Waals surface area contributed by atoms with E-state index in [4.69, 9.17) is 9.79 Å². The van der Waals surface area contributed by atoms with Crippen LogP contribution in [0.25, 0.3) is 0 Å². The van der Waals surface area contributed by atoms with Gasteiger partial charge in [0.1, 0.15) is 17.4 Å². The molecular formula is C16H20NO7P. The van der Waals surface area contributed by atoms with Gasteiger partial charge in [0.05, 0.1) is 5.71 Å². The third-order valence-corrected chi connectivity index (χ3v) is 4.37. The number of hydrogen-bond donors (Lipinski definition) is 6. The quantitative estimate of drug-likeness (QED) is 0.342. The maximum atomic E-state index is 11.1. The van der Waals surface area contributed by atoms with Crippen molar-refractivity contribution in [2.75, 3.05) is 0 Å². The Balaban J connectivity index is 2.32. The maximum Gasteiger partial charge on any atom is 0.448 e. The highest BCUT2D eigenvalue weighted by molar-refractivity contribution is 7.50. The molecule has 0 aliphatic heterocycles. The Bertz CT molecular complexity index is 778. The molecule has 2 unspecified atom stereocenters. The molecule has 2 rings (SSSR count). The van der Waals surface area contributed by atoms with E-state index >= 15 is 0 Å². The Labute approximate surface area is 144 Å². The van der Waals surface area contributed by atoms with Crippen molar-refractivity contribution in [2.24, 2.45) is 10.7 Å². The molecule has 1 aromatic rings. The molecule has 0 amide bonds. The number of hydrogen-bond acceptors (Lipinski definition) is 5. The lowest BCUT2D eigenvalue weighted by Gasteiger charge is -2.34. The van der Waals surface area contributed by atoms with Crippen LogP contribution < -0.4 is 0 Å². The average Bonchev–Trinajstić information content (AvgIpc) is 2.44. The van der Waals surface area contributed by atoms with Gasteiger partial charge in [0, 0.05) is 6.42 Å². The van der Waals surface area contributed by atoms with Gasteiger partial charge in [-0.2, -0.15) is 4.76 Å². The first-order chi connectivity index (χ1) is 11.5. The molecule has 0 radical (unpaired) electrons. The average molecular weight is 369 g/mol. The van der Waals surface area contributed by atoms with Crippen LogP contribution in [0.1, 0.15) is 24.8 Å². The predicted molar refractivity (Wildman–Crippen MR) is 91.1 cm³/mol. The van der Waals surface area contributed by atoms with E-state index in [0.717, 1.165) is 0 Å². The summed E-state index contributed by atoms with van der Waals surface area (Å²) in [6, 6.07) is 6.26. The standard InChI is InChI=1S/C16H20NO7P/c1-10(11-4-2-5-12(18)8-11)9-16(20,21)15-13(17-25(22,23)24)6-3-7-14(15)19/h2-8,10,15,18-21H,9H2,1H3,(H2,22,23,24)/b17-13+. The predicted octanol–water partition coefficient (Wildman–Crippen LogP) is 1.73. The smallest absolute Gasteiger partial charge is 0.448 e. The first-order valence-corrected chi connectivity index (χ1v) is 9.02. The van der Waals surface area contributed by atoms with Crippen molar-refractivity contribution in [2.45, 2.75) is 25.0 Å². The molecule has 0 bridgehead atoms. The minimum Gasteiger partial charge on any atom is -0.511 e. The Morgan fingerprint density at radius 1 is 1.28 bits per heavy atom. The number of benzene rings is 1. The van der Waals surface area contributed by atoms with Crippen molar-refractivity contribution < 1.29 is 34.8 Å². The normalized spacial score (nSPS) is 21.2. The van der Waals surface area contributed by atoms with E-state index in [2.05, 4.69) is 4.76 Å². The van der Waals surface area contributed by atoms with Gasteiger partial charge in [0.2, 0.25) is 0 Å². The number of nitrogens with zero attached hydrogens (tertiary/aromatic N) is 1. The lowest BCUT2D eigenvalue weighted by molar-refractivity contribution is -0.188. The topological polar surface area (TPSA) is 151 Å². The highest BCUT2D eigenvalue weighted by Gasteiger charge is 2.43. The summed E-state index contributed by atoms with van der Waals surface area (Å²) in [7, 11) is -4.82. The van der Waals surface area contributed by atoms with Crippen LogP contribution in [-0.2, 0) is 4.57 Å². The van der Waals surface area contributed by atoms with Crippen LogP contribution in [0.3, 0.4) is 0 Å². The van der Waals surface area contributed by atoms with Gasteiger partial charge in [-0.05, 0) is 35.8 Å². The molecule has 136 valence electrons. The molecule has 0 heterocycles. The van der Waals surface area contributed by atoms with Crippen LogP contribution >= 0.6 is 7.75 Å². The van der Waals surface area contributed by atoms with Gasteiger partial charge >= 0.3 is 7.75 Å². The van der Waals surface area contributed by atoms with Crippen molar-refractivity contribution in [3.05, 3.63) is 53.8 Å². The SMILES string of the molecule is CC(CC(O)(O)C1C(O)=CC=C/C1=N\P(=O)(O)O)c1cccc(O)c1. The third kappa shape index (κ3) is 5.01. The summed E-state index contributed by atoms with van der Waals surface area (Å²) in [5.41, 5.74) is 0.303. The number of phenols is 1. The zero-order valence-electron chi connectivity index (χ0n) is 13.4. The van der Waals surface area contributed by atoms with Crippen molar-refractivity contribution in [3.8, 4) is 5.75 Å². The first-order valence-electron chi connectivity index (χ1n) is 7.46. The van der Waals surface area contributed by atoms with Crippen LogP contribution in [0.5, 0.6) is 5.75 Å². The van der Waals surface area contributed by atoms with E-state index in [1.807, 2.05) is 0 Å². The second-order valence-electron chi connectivity index (χ2n) is 6.00. The first kappa shape index (κ1) is 19.4. The maximum absolute atomic E-state index is 11.1. The molecule has 8 nitrogen and oxygen atoms in total. The second-order valence-corrected chi connectivity index (χ2v) is 7.23. The van der Waals surface area contributed by atoms with Crippen molar-refractivity contribution >= 4 is 13.5 Å². The Kier molecular flexibility index (Phi) is 5.51. The summed E-state index contributed by atoms with van der Waals surface area (Å²) in [5, 5.41) is 40.6. The van der Waals surface area contributed by atoms with E-state index in [1.165, 1.54) is 30.4 Å². The third-order valence-electron chi connectivity index (χ3n) is 3.88. The highest BCUT2D eigenvalue weighted by atomic mass is 31.2. The van der Waals surface area contributed by atoms with E-state index in [1.54, 1.807) is 19.1 Å². The molecule has 1 aliphatic carbocycles.